The lowest BCUT2D eigenvalue weighted by molar-refractivity contribution is -0.0974. The molecule has 0 unspecified atom stereocenters. The number of nitrogens with zero attached hydrogens (tertiary/aromatic N) is 1. The van der Waals surface area contributed by atoms with E-state index in [1.165, 1.54) is 0 Å². The van der Waals surface area contributed by atoms with Crippen LogP contribution in [-0.2, 0) is 9.47 Å². The van der Waals surface area contributed by atoms with Crippen molar-refractivity contribution in [1.82, 2.24) is 10.2 Å². The number of ether oxygens (including phenoxy) is 2. The van der Waals surface area contributed by atoms with Crippen molar-refractivity contribution in [3.05, 3.63) is 0 Å². The third-order valence-corrected chi connectivity index (χ3v) is 3.35. The molecule has 2 heterocycles. The molecule has 1 N–H and O–H groups in total. The van der Waals surface area contributed by atoms with Crippen LogP contribution in [0.4, 0.5) is 0 Å². The molecule has 94 valence electrons. The smallest absolute Gasteiger partial charge is 0.0902 e. The number of morpholine rings is 1. The first-order chi connectivity index (χ1) is 7.57. The fourth-order valence-electron chi connectivity index (χ4n) is 2.47. The van der Waals surface area contributed by atoms with Crippen LogP contribution in [0, 0.1) is 0 Å². The molecule has 4 nitrogen and oxygen atoms in total. The maximum absolute atomic E-state index is 5.89. The molecular weight excluding hydrogens is 204 g/mol. The lowest BCUT2D eigenvalue weighted by Crippen LogP contribution is -2.59. The van der Waals surface area contributed by atoms with E-state index in [4.69, 9.17) is 9.47 Å². The Kier molecular flexibility index (Phi) is 3.85. The minimum Gasteiger partial charge on any atom is -0.373 e. The number of hydrogen-bond donors (Lipinski definition) is 1. The lowest BCUT2D eigenvalue weighted by Gasteiger charge is -2.40. The summed E-state index contributed by atoms with van der Waals surface area (Å²) in [5, 5.41) is 3.25. The highest BCUT2D eigenvalue weighted by atomic mass is 16.5. The van der Waals surface area contributed by atoms with Gasteiger partial charge in [0.2, 0.25) is 0 Å². The average Bonchev–Trinajstić information content (AvgIpc) is 2.13. The molecule has 2 rings (SSSR count). The van der Waals surface area contributed by atoms with Crippen LogP contribution in [0.1, 0.15) is 20.8 Å². The molecule has 2 aliphatic rings. The first-order valence-electron chi connectivity index (χ1n) is 6.30. The van der Waals surface area contributed by atoms with Gasteiger partial charge in [-0.05, 0) is 20.8 Å². The third kappa shape index (κ3) is 3.17. The van der Waals surface area contributed by atoms with Gasteiger partial charge in [-0.2, -0.15) is 0 Å². The van der Waals surface area contributed by atoms with Gasteiger partial charge in [-0.1, -0.05) is 0 Å². The molecule has 0 bridgehead atoms. The topological polar surface area (TPSA) is 33.7 Å². The zero-order chi connectivity index (χ0) is 11.6. The van der Waals surface area contributed by atoms with Crippen molar-refractivity contribution in [1.29, 1.82) is 0 Å². The minimum absolute atomic E-state index is 0.0868. The molecule has 2 saturated heterocycles. The van der Waals surface area contributed by atoms with Crippen LogP contribution in [0.3, 0.4) is 0 Å². The van der Waals surface area contributed by atoms with Crippen molar-refractivity contribution in [2.24, 2.45) is 0 Å². The summed E-state index contributed by atoms with van der Waals surface area (Å²) in [7, 11) is 0. The fourth-order valence-corrected chi connectivity index (χ4v) is 2.47. The van der Waals surface area contributed by atoms with E-state index >= 15 is 0 Å². The summed E-state index contributed by atoms with van der Waals surface area (Å²) in [6.45, 7) is 12.3. The Morgan fingerprint density at radius 3 is 2.44 bits per heavy atom. The van der Waals surface area contributed by atoms with Crippen LogP contribution >= 0.6 is 0 Å². The number of rotatable bonds is 4. The third-order valence-electron chi connectivity index (χ3n) is 3.35. The van der Waals surface area contributed by atoms with Crippen LogP contribution in [0.25, 0.3) is 0 Å². The summed E-state index contributed by atoms with van der Waals surface area (Å²) in [4.78, 5) is 2.44. The molecule has 2 aliphatic heterocycles. The van der Waals surface area contributed by atoms with E-state index in [0.29, 0.717) is 12.2 Å². The number of hydrogen-bond acceptors (Lipinski definition) is 4. The van der Waals surface area contributed by atoms with E-state index in [2.05, 4.69) is 31.0 Å². The van der Waals surface area contributed by atoms with Gasteiger partial charge in [-0.15, -0.1) is 0 Å². The highest BCUT2D eigenvalue weighted by Crippen LogP contribution is 2.15. The van der Waals surface area contributed by atoms with Crippen molar-refractivity contribution >= 4 is 0 Å². The van der Waals surface area contributed by atoms with Gasteiger partial charge in [0.05, 0.1) is 24.4 Å². The van der Waals surface area contributed by atoms with Gasteiger partial charge in [-0.25, -0.2) is 0 Å². The highest BCUT2D eigenvalue weighted by molar-refractivity contribution is 4.90. The van der Waals surface area contributed by atoms with E-state index in [9.17, 15) is 0 Å². The standard InChI is InChI=1S/C12H24N2O2/c1-10-6-14(7-11(2)16-10)4-5-15-12(3)8-13-9-12/h10-11,13H,4-9H2,1-3H3/t10-,11+. The van der Waals surface area contributed by atoms with Gasteiger partial charge in [0.15, 0.2) is 0 Å². The summed E-state index contributed by atoms with van der Waals surface area (Å²) >= 11 is 0. The summed E-state index contributed by atoms with van der Waals surface area (Å²) in [6, 6.07) is 0. The van der Waals surface area contributed by atoms with Crippen LogP contribution < -0.4 is 5.32 Å². The van der Waals surface area contributed by atoms with E-state index in [1.54, 1.807) is 0 Å². The second kappa shape index (κ2) is 5.00. The second-order valence-corrected chi connectivity index (χ2v) is 5.42. The van der Waals surface area contributed by atoms with Crippen molar-refractivity contribution < 1.29 is 9.47 Å². The van der Waals surface area contributed by atoms with Gasteiger partial charge in [0, 0.05) is 32.7 Å². The summed E-state index contributed by atoms with van der Waals surface area (Å²) in [6.07, 6.45) is 0.703. The summed E-state index contributed by atoms with van der Waals surface area (Å²) in [5.41, 5.74) is 0.0868. The Morgan fingerprint density at radius 1 is 1.31 bits per heavy atom. The maximum Gasteiger partial charge on any atom is 0.0902 e. The van der Waals surface area contributed by atoms with Gasteiger partial charge in [0.25, 0.3) is 0 Å². The van der Waals surface area contributed by atoms with Crippen molar-refractivity contribution in [3.8, 4) is 0 Å². The van der Waals surface area contributed by atoms with Crippen LogP contribution in [0.15, 0.2) is 0 Å². The minimum atomic E-state index is 0.0868. The second-order valence-electron chi connectivity index (χ2n) is 5.42. The number of nitrogens with one attached hydrogen (secondary N) is 1. The zero-order valence-electron chi connectivity index (χ0n) is 10.7. The van der Waals surface area contributed by atoms with E-state index in [-0.39, 0.29) is 5.60 Å². The maximum atomic E-state index is 5.89. The van der Waals surface area contributed by atoms with Crippen molar-refractivity contribution in [2.75, 3.05) is 39.3 Å². The van der Waals surface area contributed by atoms with E-state index in [1.807, 2.05) is 0 Å². The Labute approximate surface area is 98.3 Å². The quantitative estimate of drug-likeness (QED) is 0.758. The van der Waals surface area contributed by atoms with Crippen LogP contribution in [0.2, 0.25) is 0 Å². The zero-order valence-corrected chi connectivity index (χ0v) is 10.7. The highest BCUT2D eigenvalue weighted by Gasteiger charge is 2.32. The van der Waals surface area contributed by atoms with Gasteiger partial charge in [-0.3, -0.25) is 4.90 Å². The van der Waals surface area contributed by atoms with Crippen molar-refractivity contribution in [3.63, 3.8) is 0 Å². The largest absolute Gasteiger partial charge is 0.373 e. The van der Waals surface area contributed by atoms with Crippen LogP contribution in [-0.4, -0.2) is 62.0 Å². The molecular formula is C12H24N2O2. The first-order valence-corrected chi connectivity index (χ1v) is 6.30. The predicted octanol–water partition coefficient (Wildman–Crippen LogP) is 0.474. The predicted molar refractivity (Wildman–Crippen MR) is 63.7 cm³/mol. The van der Waals surface area contributed by atoms with Gasteiger partial charge < -0.3 is 14.8 Å². The fraction of sp³-hybridized carbons (Fsp3) is 1.00. The molecule has 2 fully saturated rings. The molecule has 0 radical (unpaired) electrons. The Morgan fingerprint density at radius 2 is 1.94 bits per heavy atom. The molecule has 2 atom stereocenters. The monoisotopic (exact) mass is 228 g/mol. The molecule has 16 heavy (non-hydrogen) atoms. The molecule has 0 saturated carbocycles. The van der Waals surface area contributed by atoms with Crippen LogP contribution in [0.5, 0.6) is 0 Å². The molecule has 4 heteroatoms. The van der Waals surface area contributed by atoms with Gasteiger partial charge in [0.1, 0.15) is 0 Å². The summed E-state index contributed by atoms with van der Waals surface area (Å²) < 4.78 is 11.6. The SMILES string of the molecule is C[C@@H]1CN(CCOC2(C)CNC2)C[C@H](C)O1. The molecule has 0 aromatic rings. The Balaban J connectivity index is 1.65. The lowest BCUT2D eigenvalue weighted by atomic mass is 10.0. The molecule has 0 spiro atoms. The Hall–Kier alpha value is -0.160. The Bertz CT molecular complexity index is 221. The van der Waals surface area contributed by atoms with Gasteiger partial charge >= 0.3 is 0 Å². The average molecular weight is 228 g/mol. The molecule has 0 aromatic heterocycles. The molecule has 0 aliphatic carbocycles. The molecule has 0 amide bonds. The summed E-state index contributed by atoms with van der Waals surface area (Å²) in [5.74, 6) is 0. The van der Waals surface area contributed by atoms with Crippen molar-refractivity contribution in [2.45, 2.75) is 38.6 Å². The molecule has 0 aromatic carbocycles. The van der Waals surface area contributed by atoms with E-state index < -0.39 is 0 Å². The first kappa shape index (κ1) is 12.3. The normalized spacial score (nSPS) is 34.7. The van der Waals surface area contributed by atoms with E-state index in [0.717, 1.165) is 39.3 Å².